The molecule has 1 aliphatic heterocycles. The number of nitrogens with one attached hydrogen (secondary N) is 1. The lowest BCUT2D eigenvalue weighted by Crippen LogP contribution is -2.45. The number of aromatic nitrogens is 1. The third-order valence-electron chi connectivity index (χ3n) is 3.14. The number of anilines is 1. The van der Waals surface area contributed by atoms with E-state index in [0.717, 1.165) is 12.8 Å². The molecule has 3 N–H and O–H groups in total. The molecule has 1 aliphatic rings. The van der Waals surface area contributed by atoms with Gasteiger partial charge in [-0.3, -0.25) is 4.79 Å². The minimum absolute atomic E-state index is 0.0775. The third-order valence-corrected chi connectivity index (χ3v) is 3.44. The molecular formula is C13H18ClN3O2. The van der Waals surface area contributed by atoms with E-state index in [1.165, 1.54) is 12.3 Å². The summed E-state index contributed by atoms with van der Waals surface area (Å²) in [5.41, 5.74) is 6.14. The second kappa shape index (κ2) is 5.35. The van der Waals surface area contributed by atoms with Crippen LogP contribution in [0.25, 0.3) is 0 Å². The van der Waals surface area contributed by atoms with E-state index in [1.54, 1.807) is 0 Å². The summed E-state index contributed by atoms with van der Waals surface area (Å²) in [6, 6.07) is 1.61. The van der Waals surface area contributed by atoms with Crippen molar-refractivity contribution in [1.82, 2.24) is 10.3 Å². The van der Waals surface area contributed by atoms with Gasteiger partial charge in [-0.15, -0.1) is 0 Å². The second-order valence-corrected chi connectivity index (χ2v) is 5.74. The zero-order valence-corrected chi connectivity index (χ0v) is 11.8. The maximum atomic E-state index is 12.2. The number of carbonyl (C=O) groups excluding carboxylic acids is 1. The Morgan fingerprint density at radius 1 is 1.63 bits per heavy atom. The highest BCUT2D eigenvalue weighted by Gasteiger charge is 2.30. The number of hydrogen-bond acceptors (Lipinski definition) is 4. The van der Waals surface area contributed by atoms with Gasteiger partial charge in [0.1, 0.15) is 5.15 Å². The molecule has 0 aromatic carbocycles. The summed E-state index contributed by atoms with van der Waals surface area (Å²) in [5, 5.41) is 3.12. The Balaban J connectivity index is 2.06. The first kappa shape index (κ1) is 14.1. The molecule has 2 heterocycles. The molecule has 1 fully saturated rings. The maximum Gasteiger partial charge on any atom is 0.254 e. The Morgan fingerprint density at radius 3 is 3.05 bits per heavy atom. The van der Waals surface area contributed by atoms with Crippen LogP contribution in [0, 0.1) is 0 Å². The molecule has 6 heteroatoms. The number of pyridine rings is 1. The molecule has 0 bridgehead atoms. The molecule has 1 aromatic heterocycles. The van der Waals surface area contributed by atoms with Crippen molar-refractivity contribution in [2.24, 2.45) is 0 Å². The third kappa shape index (κ3) is 3.58. The number of carbonyl (C=O) groups is 1. The van der Waals surface area contributed by atoms with Gasteiger partial charge >= 0.3 is 0 Å². The van der Waals surface area contributed by atoms with Crippen LogP contribution in [0.1, 0.15) is 37.0 Å². The van der Waals surface area contributed by atoms with Gasteiger partial charge < -0.3 is 15.8 Å². The van der Waals surface area contributed by atoms with Crippen molar-refractivity contribution < 1.29 is 9.53 Å². The average molecular weight is 284 g/mol. The van der Waals surface area contributed by atoms with Crippen molar-refractivity contribution in [3.63, 3.8) is 0 Å². The van der Waals surface area contributed by atoms with Crippen LogP contribution in [0.2, 0.25) is 5.15 Å². The van der Waals surface area contributed by atoms with Gasteiger partial charge in [0.25, 0.3) is 5.91 Å². The molecule has 1 saturated heterocycles. The maximum absolute atomic E-state index is 12.2. The van der Waals surface area contributed by atoms with Crippen LogP contribution in [0.5, 0.6) is 0 Å². The van der Waals surface area contributed by atoms with Gasteiger partial charge in [0.2, 0.25) is 0 Å². The van der Waals surface area contributed by atoms with Gasteiger partial charge in [-0.25, -0.2) is 4.98 Å². The normalized spacial score (nSPS) is 21.9. The van der Waals surface area contributed by atoms with Crippen molar-refractivity contribution in [3.05, 3.63) is 23.0 Å². The largest absolute Gasteiger partial charge is 0.397 e. The van der Waals surface area contributed by atoms with Crippen LogP contribution < -0.4 is 11.1 Å². The number of nitrogens with zero attached hydrogens (tertiary/aromatic N) is 1. The Bertz CT molecular complexity index is 491. The van der Waals surface area contributed by atoms with Crippen LogP contribution in [-0.4, -0.2) is 29.1 Å². The van der Waals surface area contributed by atoms with Crippen molar-refractivity contribution >= 4 is 23.2 Å². The number of nitrogen functional groups attached to an aromatic ring is 1. The summed E-state index contributed by atoms with van der Waals surface area (Å²) in [7, 11) is 0. The zero-order valence-electron chi connectivity index (χ0n) is 11.1. The summed E-state index contributed by atoms with van der Waals surface area (Å²) in [4.78, 5) is 16.0. The predicted molar refractivity (Wildman–Crippen MR) is 74.2 cm³/mol. The first-order valence-corrected chi connectivity index (χ1v) is 6.61. The standard InChI is InChI=1S/C13H18ClN3O2/c1-13(2)6-9(3-4-19-13)17-12(18)10-5-8(15)7-16-11(10)14/h5,7,9H,3-4,6,15H2,1-2H3,(H,17,18). The molecule has 0 spiro atoms. The summed E-state index contributed by atoms with van der Waals surface area (Å²) < 4.78 is 5.62. The minimum atomic E-state index is -0.243. The molecule has 1 aromatic rings. The summed E-state index contributed by atoms with van der Waals surface area (Å²) in [6.45, 7) is 4.67. The van der Waals surface area contributed by atoms with E-state index in [9.17, 15) is 4.79 Å². The highest BCUT2D eigenvalue weighted by Crippen LogP contribution is 2.24. The Labute approximate surface area is 117 Å². The fraction of sp³-hybridized carbons (Fsp3) is 0.538. The second-order valence-electron chi connectivity index (χ2n) is 5.38. The average Bonchev–Trinajstić information content (AvgIpc) is 2.31. The van der Waals surface area contributed by atoms with E-state index in [4.69, 9.17) is 22.1 Å². The van der Waals surface area contributed by atoms with E-state index in [-0.39, 0.29) is 22.7 Å². The quantitative estimate of drug-likeness (QED) is 0.814. The molecule has 5 nitrogen and oxygen atoms in total. The van der Waals surface area contributed by atoms with Crippen molar-refractivity contribution in [2.45, 2.75) is 38.3 Å². The SMILES string of the molecule is CC1(C)CC(NC(=O)c2cc(N)cnc2Cl)CCO1. The summed E-state index contributed by atoms with van der Waals surface area (Å²) >= 11 is 5.91. The molecular weight excluding hydrogens is 266 g/mol. The lowest BCUT2D eigenvalue weighted by molar-refractivity contribution is -0.0615. The lowest BCUT2D eigenvalue weighted by atomic mass is 9.94. The highest BCUT2D eigenvalue weighted by molar-refractivity contribution is 6.32. The van der Waals surface area contributed by atoms with Crippen LogP contribution in [-0.2, 0) is 4.74 Å². The molecule has 2 rings (SSSR count). The molecule has 0 saturated carbocycles. The van der Waals surface area contributed by atoms with E-state index >= 15 is 0 Å². The van der Waals surface area contributed by atoms with Crippen LogP contribution >= 0.6 is 11.6 Å². The Kier molecular flexibility index (Phi) is 3.96. The number of amides is 1. The van der Waals surface area contributed by atoms with Gasteiger partial charge in [0.05, 0.1) is 23.0 Å². The van der Waals surface area contributed by atoms with Gasteiger partial charge in [0, 0.05) is 12.6 Å². The lowest BCUT2D eigenvalue weighted by Gasteiger charge is -2.35. The molecule has 104 valence electrons. The van der Waals surface area contributed by atoms with Crippen LogP contribution in [0.3, 0.4) is 0 Å². The number of hydrogen-bond donors (Lipinski definition) is 2. The van der Waals surface area contributed by atoms with Gasteiger partial charge in [-0.1, -0.05) is 11.6 Å². The van der Waals surface area contributed by atoms with Gasteiger partial charge in [-0.2, -0.15) is 0 Å². The topological polar surface area (TPSA) is 77.2 Å². The Morgan fingerprint density at radius 2 is 2.37 bits per heavy atom. The minimum Gasteiger partial charge on any atom is -0.397 e. The smallest absolute Gasteiger partial charge is 0.254 e. The monoisotopic (exact) mass is 283 g/mol. The fourth-order valence-electron chi connectivity index (χ4n) is 2.24. The van der Waals surface area contributed by atoms with Crippen LogP contribution in [0.15, 0.2) is 12.3 Å². The first-order chi connectivity index (χ1) is 8.87. The van der Waals surface area contributed by atoms with Crippen molar-refractivity contribution in [3.8, 4) is 0 Å². The van der Waals surface area contributed by atoms with Gasteiger partial charge in [-0.05, 0) is 32.8 Å². The molecule has 0 radical (unpaired) electrons. The summed E-state index contributed by atoms with van der Waals surface area (Å²) in [5.74, 6) is -0.243. The van der Waals surface area contributed by atoms with E-state index in [2.05, 4.69) is 10.3 Å². The molecule has 1 amide bonds. The number of ether oxygens (including phenoxy) is 1. The van der Waals surface area contributed by atoms with Crippen molar-refractivity contribution in [2.75, 3.05) is 12.3 Å². The molecule has 1 atom stereocenters. The number of nitrogens with two attached hydrogens (primary N) is 1. The fourth-order valence-corrected chi connectivity index (χ4v) is 2.43. The van der Waals surface area contributed by atoms with E-state index < -0.39 is 0 Å². The molecule has 0 aliphatic carbocycles. The van der Waals surface area contributed by atoms with Gasteiger partial charge in [0.15, 0.2) is 0 Å². The van der Waals surface area contributed by atoms with E-state index in [1.807, 2.05) is 13.8 Å². The molecule has 1 unspecified atom stereocenters. The Hall–Kier alpha value is -1.33. The number of rotatable bonds is 2. The zero-order chi connectivity index (χ0) is 14.0. The molecule has 19 heavy (non-hydrogen) atoms. The van der Waals surface area contributed by atoms with E-state index in [0.29, 0.717) is 17.9 Å². The predicted octanol–water partition coefficient (Wildman–Crippen LogP) is 2.00. The summed E-state index contributed by atoms with van der Waals surface area (Å²) in [6.07, 6.45) is 2.99. The highest BCUT2D eigenvalue weighted by atomic mass is 35.5. The van der Waals surface area contributed by atoms with Crippen LogP contribution in [0.4, 0.5) is 5.69 Å². The first-order valence-electron chi connectivity index (χ1n) is 6.23. The number of halogens is 1. The van der Waals surface area contributed by atoms with Crippen molar-refractivity contribution in [1.29, 1.82) is 0 Å².